The average molecular weight is 169 g/mol. The number of rotatable bonds is 0. The minimum atomic E-state index is 0.311. The summed E-state index contributed by atoms with van der Waals surface area (Å²) in [6.45, 7) is 0. The predicted molar refractivity (Wildman–Crippen MR) is 43.4 cm³/mol. The standard InChI is InChI=1S/C7H5ClN2O/c8-6-3-4-5(9)1-2-10-7(4)11-6/h1-3H,(H2,9,10). The van der Waals surface area contributed by atoms with Crippen molar-refractivity contribution in [2.45, 2.75) is 0 Å². The van der Waals surface area contributed by atoms with Crippen LogP contribution in [0, 0.1) is 0 Å². The molecule has 0 aliphatic carbocycles. The van der Waals surface area contributed by atoms with Gasteiger partial charge in [0.25, 0.3) is 0 Å². The Morgan fingerprint density at radius 2 is 2.36 bits per heavy atom. The minimum absolute atomic E-state index is 0.311. The Labute approximate surface area is 67.8 Å². The van der Waals surface area contributed by atoms with Crippen molar-refractivity contribution >= 4 is 28.4 Å². The molecule has 0 radical (unpaired) electrons. The number of aromatic nitrogens is 1. The van der Waals surface area contributed by atoms with Crippen LogP contribution >= 0.6 is 11.6 Å². The second-order valence-corrected chi connectivity index (χ2v) is 2.54. The maximum absolute atomic E-state index is 5.61. The number of anilines is 1. The van der Waals surface area contributed by atoms with E-state index in [0.29, 0.717) is 16.6 Å². The van der Waals surface area contributed by atoms with Crippen molar-refractivity contribution in [3.8, 4) is 0 Å². The fourth-order valence-corrected chi connectivity index (χ4v) is 1.11. The first-order valence-corrected chi connectivity index (χ1v) is 3.45. The van der Waals surface area contributed by atoms with Gasteiger partial charge in [-0.2, -0.15) is 0 Å². The molecule has 0 bridgehead atoms. The zero-order valence-corrected chi connectivity index (χ0v) is 6.30. The topological polar surface area (TPSA) is 52.0 Å². The van der Waals surface area contributed by atoms with Crippen LogP contribution in [0.25, 0.3) is 11.1 Å². The Morgan fingerprint density at radius 1 is 1.55 bits per heavy atom. The molecule has 2 heterocycles. The second-order valence-electron chi connectivity index (χ2n) is 2.17. The van der Waals surface area contributed by atoms with Crippen LogP contribution in [0.15, 0.2) is 22.7 Å². The maximum atomic E-state index is 5.61. The molecule has 0 unspecified atom stereocenters. The Balaban J connectivity index is 2.90. The van der Waals surface area contributed by atoms with Crippen molar-refractivity contribution in [3.63, 3.8) is 0 Å². The Kier molecular flexibility index (Phi) is 1.26. The lowest BCUT2D eigenvalue weighted by Crippen LogP contribution is -1.84. The van der Waals surface area contributed by atoms with Crippen molar-refractivity contribution in [2.75, 3.05) is 5.73 Å². The third kappa shape index (κ3) is 0.935. The van der Waals surface area contributed by atoms with Crippen LogP contribution in [0.3, 0.4) is 0 Å². The summed E-state index contributed by atoms with van der Waals surface area (Å²) in [7, 11) is 0. The van der Waals surface area contributed by atoms with Crippen molar-refractivity contribution in [1.82, 2.24) is 4.98 Å². The SMILES string of the molecule is Nc1ccnc2oc(Cl)cc12. The summed E-state index contributed by atoms with van der Waals surface area (Å²) in [4.78, 5) is 3.93. The van der Waals surface area contributed by atoms with Crippen LogP contribution in [0.4, 0.5) is 5.69 Å². The van der Waals surface area contributed by atoms with Gasteiger partial charge in [-0.3, -0.25) is 0 Å². The molecule has 0 saturated heterocycles. The van der Waals surface area contributed by atoms with Crippen molar-refractivity contribution in [3.05, 3.63) is 23.5 Å². The molecule has 2 N–H and O–H groups in total. The largest absolute Gasteiger partial charge is 0.426 e. The lowest BCUT2D eigenvalue weighted by Gasteiger charge is -1.89. The van der Waals surface area contributed by atoms with Gasteiger partial charge in [0.05, 0.1) is 5.39 Å². The van der Waals surface area contributed by atoms with Gasteiger partial charge in [0.1, 0.15) is 0 Å². The first-order chi connectivity index (χ1) is 5.27. The van der Waals surface area contributed by atoms with Gasteiger partial charge in [-0.1, -0.05) is 0 Å². The number of pyridine rings is 1. The fraction of sp³-hybridized carbons (Fsp3) is 0. The van der Waals surface area contributed by atoms with E-state index in [-0.39, 0.29) is 0 Å². The fourth-order valence-electron chi connectivity index (χ4n) is 0.930. The number of halogens is 1. The molecule has 0 spiro atoms. The summed E-state index contributed by atoms with van der Waals surface area (Å²) >= 11 is 5.59. The monoisotopic (exact) mass is 168 g/mol. The molecule has 0 aromatic carbocycles. The molecule has 0 atom stereocenters. The molecule has 2 aromatic rings. The van der Waals surface area contributed by atoms with Crippen molar-refractivity contribution < 1.29 is 4.42 Å². The van der Waals surface area contributed by atoms with E-state index in [4.69, 9.17) is 21.8 Å². The smallest absolute Gasteiger partial charge is 0.230 e. The normalized spacial score (nSPS) is 10.6. The molecule has 0 amide bonds. The molecular weight excluding hydrogens is 164 g/mol. The molecule has 0 aliphatic heterocycles. The number of furan rings is 1. The lowest BCUT2D eigenvalue weighted by molar-refractivity contribution is 0.605. The lowest BCUT2D eigenvalue weighted by atomic mass is 10.3. The van der Waals surface area contributed by atoms with Crippen molar-refractivity contribution in [1.29, 1.82) is 0 Å². The van der Waals surface area contributed by atoms with Crippen LogP contribution in [0.1, 0.15) is 0 Å². The highest BCUT2D eigenvalue weighted by molar-refractivity contribution is 6.29. The first-order valence-electron chi connectivity index (χ1n) is 3.07. The zero-order chi connectivity index (χ0) is 7.84. The van der Waals surface area contributed by atoms with E-state index >= 15 is 0 Å². The molecule has 56 valence electrons. The maximum Gasteiger partial charge on any atom is 0.230 e. The van der Waals surface area contributed by atoms with Crippen LogP contribution < -0.4 is 5.73 Å². The number of hydrogen-bond donors (Lipinski definition) is 1. The van der Waals surface area contributed by atoms with Crippen molar-refractivity contribution in [2.24, 2.45) is 0 Å². The molecule has 11 heavy (non-hydrogen) atoms. The number of nitrogen functional groups attached to an aromatic ring is 1. The summed E-state index contributed by atoms with van der Waals surface area (Å²) in [6, 6.07) is 3.35. The highest BCUT2D eigenvalue weighted by atomic mass is 35.5. The molecule has 2 rings (SSSR count). The summed E-state index contributed by atoms with van der Waals surface area (Å²) in [6.07, 6.45) is 1.58. The Morgan fingerprint density at radius 3 is 3.09 bits per heavy atom. The molecule has 2 aromatic heterocycles. The Hall–Kier alpha value is -1.22. The van der Waals surface area contributed by atoms with Gasteiger partial charge in [0.15, 0.2) is 5.22 Å². The van der Waals surface area contributed by atoms with Crippen LogP contribution in [-0.4, -0.2) is 4.98 Å². The second kappa shape index (κ2) is 2.13. The summed E-state index contributed by atoms with van der Waals surface area (Å²) < 4.78 is 5.02. The third-order valence-electron chi connectivity index (χ3n) is 1.44. The van der Waals surface area contributed by atoms with Gasteiger partial charge >= 0.3 is 0 Å². The van der Waals surface area contributed by atoms with Gasteiger partial charge in [0.2, 0.25) is 5.71 Å². The summed E-state index contributed by atoms with van der Waals surface area (Å²) in [5.74, 6) is 0. The number of nitrogens with two attached hydrogens (primary N) is 1. The van der Waals surface area contributed by atoms with Gasteiger partial charge < -0.3 is 10.2 Å². The molecule has 0 aliphatic rings. The molecular formula is C7H5ClN2O. The molecule has 0 fully saturated rings. The van der Waals surface area contributed by atoms with Gasteiger partial charge in [-0.05, 0) is 17.7 Å². The molecule has 4 heteroatoms. The third-order valence-corrected chi connectivity index (χ3v) is 1.63. The van der Waals surface area contributed by atoms with Crippen LogP contribution in [0.2, 0.25) is 5.22 Å². The van der Waals surface area contributed by atoms with Gasteiger partial charge in [-0.25, -0.2) is 4.98 Å². The van der Waals surface area contributed by atoms with E-state index in [1.165, 1.54) is 0 Å². The molecule has 0 saturated carbocycles. The van der Waals surface area contributed by atoms with E-state index in [9.17, 15) is 0 Å². The zero-order valence-electron chi connectivity index (χ0n) is 5.54. The average Bonchev–Trinajstić information content (AvgIpc) is 2.31. The first kappa shape index (κ1) is 6.49. The van der Waals surface area contributed by atoms with E-state index in [0.717, 1.165) is 5.39 Å². The van der Waals surface area contributed by atoms with E-state index in [2.05, 4.69) is 4.98 Å². The van der Waals surface area contributed by atoms with Gasteiger partial charge in [0, 0.05) is 18.0 Å². The summed E-state index contributed by atoms with van der Waals surface area (Å²) in [5, 5.41) is 1.07. The number of hydrogen-bond acceptors (Lipinski definition) is 3. The number of nitrogens with zero attached hydrogens (tertiary/aromatic N) is 1. The van der Waals surface area contributed by atoms with Gasteiger partial charge in [-0.15, -0.1) is 0 Å². The van der Waals surface area contributed by atoms with Crippen LogP contribution in [0.5, 0.6) is 0 Å². The van der Waals surface area contributed by atoms with E-state index in [1.54, 1.807) is 18.3 Å². The summed E-state index contributed by atoms with van der Waals surface area (Å²) in [5.41, 5.74) is 6.72. The predicted octanol–water partition coefficient (Wildman–Crippen LogP) is 2.06. The van der Waals surface area contributed by atoms with Crippen LogP contribution in [-0.2, 0) is 0 Å². The van der Waals surface area contributed by atoms with E-state index < -0.39 is 0 Å². The molecule has 3 nitrogen and oxygen atoms in total. The van der Waals surface area contributed by atoms with E-state index in [1.807, 2.05) is 0 Å². The highest BCUT2D eigenvalue weighted by Gasteiger charge is 2.03. The highest BCUT2D eigenvalue weighted by Crippen LogP contribution is 2.24. The minimum Gasteiger partial charge on any atom is -0.426 e. The quantitative estimate of drug-likeness (QED) is 0.655. The number of fused-ring (bicyclic) bond motifs is 1. The Bertz CT molecular complexity index is 396.